The molecule has 1 N–H and O–H groups in total. The smallest absolute Gasteiger partial charge is 0.243 e. The number of fused-ring (bicyclic) bond motifs is 1. The number of anilines is 1. The maximum atomic E-state index is 5.20. The molecule has 0 aromatic carbocycles. The fourth-order valence-corrected chi connectivity index (χ4v) is 1.97. The van der Waals surface area contributed by atoms with Gasteiger partial charge in [-0.25, -0.2) is 4.52 Å². The fourth-order valence-electron chi connectivity index (χ4n) is 1.97. The number of aryl methyl sites for hydroxylation is 1. The summed E-state index contributed by atoms with van der Waals surface area (Å²) in [6.07, 6.45) is 4.07. The van der Waals surface area contributed by atoms with Gasteiger partial charge in [-0.2, -0.15) is 4.98 Å². The van der Waals surface area contributed by atoms with E-state index in [4.69, 9.17) is 4.74 Å². The van der Waals surface area contributed by atoms with E-state index in [1.54, 1.807) is 11.6 Å². The summed E-state index contributed by atoms with van der Waals surface area (Å²) in [5, 5.41) is 7.72. The summed E-state index contributed by atoms with van der Waals surface area (Å²) < 4.78 is 6.98. The summed E-state index contributed by atoms with van der Waals surface area (Å²) in [6.45, 7) is 4.87. The van der Waals surface area contributed by atoms with Crippen molar-refractivity contribution in [3.05, 3.63) is 23.9 Å². The van der Waals surface area contributed by atoms with Crippen LogP contribution in [0.1, 0.15) is 25.3 Å². The van der Waals surface area contributed by atoms with Crippen molar-refractivity contribution >= 4 is 11.6 Å². The number of methoxy groups -OCH3 is 1. The van der Waals surface area contributed by atoms with Crippen LogP contribution in [0.15, 0.2) is 18.3 Å². The summed E-state index contributed by atoms with van der Waals surface area (Å²) >= 11 is 0. The first-order valence-corrected chi connectivity index (χ1v) is 6.31. The molecule has 0 radical (unpaired) electrons. The highest BCUT2D eigenvalue weighted by molar-refractivity contribution is 5.45. The number of aromatic nitrogens is 3. The van der Waals surface area contributed by atoms with Crippen molar-refractivity contribution in [3.8, 4) is 0 Å². The predicted octanol–water partition coefficient (Wildman–Crippen LogP) is 2.26. The van der Waals surface area contributed by atoms with Gasteiger partial charge in [-0.1, -0.05) is 13.3 Å². The van der Waals surface area contributed by atoms with Crippen LogP contribution in [0.3, 0.4) is 0 Å². The number of pyridine rings is 1. The summed E-state index contributed by atoms with van der Waals surface area (Å²) in [6, 6.07) is 4.30. The Labute approximate surface area is 107 Å². The molecule has 2 rings (SSSR count). The summed E-state index contributed by atoms with van der Waals surface area (Å²) in [4.78, 5) is 4.46. The molecule has 0 aliphatic rings. The third kappa shape index (κ3) is 2.98. The molecule has 0 aliphatic heterocycles. The van der Waals surface area contributed by atoms with Gasteiger partial charge in [0.15, 0.2) is 5.65 Å². The Hall–Kier alpha value is -1.62. The Morgan fingerprint density at radius 2 is 2.33 bits per heavy atom. The number of hydrogen-bond donors (Lipinski definition) is 1. The zero-order valence-electron chi connectivity index (χ0n) is 11.2. The second-order valence-electron chi connectivity index (χ2n) is 4.53. The van der Waals surface area contributed by atoms with Crippen LogP contribution in [0.4, 0.5) is 5.95 Å². The van der Waals surface area contributed by atoms with E-state index in [-0.39, 0.29) is 6.04 Å². The third-order valence-electron chi connectivity index (χ3n) is 2.83. The molecule has 0 fully saturated rings. The third-order valence-corrected chi connectivity index (χ3v) is 2.83. The van der Waals surface area contributed by atoms with Gasteiger partial charge in [-0.3, -0.25) is 0 Å². The highest BCUT2D eigenvalue weighted by Gasteiger charge is 2.10. The van der Waals surface area contributed by atoms with Gasteiger partial charge in [0.25, 0.3) is 0 Å². The van der Waals surface area contributed by atoms with Crippen LogP contribution >= 0.6 is 0 Å². The van der Waals surface area contributed by atoms with E-state index >= 15 is 0 Å². The van der Waals surface area contributed by atoms with E-state index in [1.807, 2.05) is 25.3 Å². The van der Waals surface area contributed by atoms with E-state index in [0.29, 0.717) is 12.6 Å². The molecular formula is C13H20N4O. The van der Waals surface area contributed by atoms with Gasteiger partial charge in [0.2, 0.25) is 5.95 Å². The molecule has 0 spiro atoms. The van der Waals surface area contributed by atoms with Crippen molar-refractivity contribution in [1.82, 2.24) is 14.6 Å². The second kappa shape index (κ2) is 5.82. The highest BCUT2D eigenvalue weighted by atomic mass is 16.5. The van der Waals surface area contributed by atoms with E-state index in [0.717, 1.165) is 18.5 Å². The van der Waals surface area contributed by atoms with E-state index in [9.17, 15) is 0 Å². The average Bonchev–Trinajstić information content (AvgIpc) is 2.71. The first-order valence-electron chi connectivity index (χ1n) is 6.31. The molecular weight excluding hydrogens is 228 g/mol. The van der Waals surface area contributed by atoms with Gasteiger partial charge < -0.3 is 10.1 Å². The predicted molar refractivity (Wildman–Crippen MR) is 71.9 cm³/mol. The lowest BCUT2D eigenvalue weighted by Gasteiger charge is -2.15. The van der Waals surface area contributed by atoms with Crippen LogP contribution in [-0.4, -0.2) is 34.4 Å². The maximum absolute atomic E-state index is 5.20. The lowest BCUT2D eigenvalue weighted by atomic mass is 10.2. The van der Waals surface area contributed by atoms with E-state index in [1.165, 1.54) is 5.56 Å². The molecule has 0 saturated carbocycles. The summed E-state index contributed by atoms with van der Waals surface area (Å²) in [5.41, 5.74) is 2.05. The van der Waals surface area contributed by atoms with E-state index in [2.05, 4.69) is 22.3 Å². The molecule has 1 unspecified atom stereocenters. The minimum atomic E-state index is 0.263. The Balaban J connectivity index is 2.14. The minimum Gasteiger partial charge on any atom is -0.383 e. The van der Waals surface area contributed by atoms with Crippen LogP contribution in [0, 0.1) is 6.92 Å². The van der Waals surface area contributed by atoms with Crippen molar-refractivity contribution in [1.29, 1.82) is 0 Å². The van der Waals surface area contributed by atoms with Gasteiger partial charge in [-0.05, 0) is 31.0 Å². The monoisotopic (exact) mass is 248 g/mol. The highest BCUT2D eigenvalue weighted by Crippen LogP contribution is 2.10. The Bertz CT molecular complexity index is 503. The normalized spacial score (nSPS) is 12.8. The molecule has 5 heteroatoms. The lowest BCUT2D eigenvalue weighted by Crippen LogP contribution is -2.25. The molecule has 0 amide bonds. The van der Waals surface area contributed by atoms with Crippen molar-refractivity contribution < 1.29 is 4.74 Å². The molecule has 2 aromatic heterocycles. The van der Waals surface area contributed by atoms with Crippen molar-refractivity contribution in [3.63, 3.8) is 0 Å². The number of nitrogens with one attached hydrogen (secondary N) is 1. The van der Waals surface area contributed by atoms with Gasteiger partial charge in [0.05, 0.1) is 12.6 Å². The number of ether oxygens (including phenoxy) is 1. The Kier molecular flexibility index (Phi) is 4.15. The molecule has 98 valence electrons. The Morgan fingerprint density at radius 1 is 1.50 bits per heavy atom. The first-order chi connectivity index (χ1) is 8.72. The molecule has 0 saturated heterocycles. The van der Waals surface area contributed by atoms with Crippen LogP contribution in [-0.2, 0) is 4.74 Å². The number of rotatable bonds is 6. The van der Waals surface area contributed by atoms with Gasteiger partial charge in [0, 0.05) is 13.3 Å². The molecule has 5 nitrogen and oxygen atoms in total. The average molecular weight is 248 g/mol. The second-order valence-corrected chi connectivity index (χ2v) is 4.53. The molecule has 2 heterocycles. The lowest BCUT2D eigenvalue weighted by molar-refractivity contribution is 0.182. The SMILES string of the molecule is CCCC(COC)Nc1nc2cc(C)ccn2n1. The van der Waals surface area contributed by atoms with Gasteiger partial charge in [-0.15, -0.1) is 5.10 Å². The number of hydrogen-bond acceptors (Lipinski definition) is 4. The molecule has 0 aliphatic carbocycles. The van der Waals surface area contributed by atoms with Crippen LogP contribution in [0.5, 0.6) is 0 Å². The van der Waals surface area contributed by atoms with Crippen LogP contribution in [0.2, 0.25) is 0 Å². The van der Waals surface area contributed by atoms with Crippen LogP contribution < -0.4 is 5.32 Å². The standard InChI is InChI=1S/C13H20N4O/c1-4-5-11(9-18-3)14-13-15-12-8-10(2)6-7-17(12)16-13/h6-8,11H,4-5,9H2,1-3H3,(H,14,16). The minimum absolute atomic E-state index is 0.263. The van der Waals surface area contributed by atoms with Gasteiger partial charge >= 0.3 is 0 Å². The van der Waals surface area contributed by atoms with Crippen molar-refractivity contribution in [2.45, 2.75) is 32.7 Å². The number of nitrogens with zero attached hydrogens (tertiary/aromatic N) is 3. The largest absolute Gasteiger partial charge is 0.383 e. The van der Waals surface area contributed by atoms with Gasteiger partial charge in [0.1, 0.15) is 0 Å². The molecule has 2 aromatic rings. The van der Waals surface area contributed by atoms with E-state index < -0.39 is 0 Å². The first kappa shape index (κ1) is 12.8. The fraction of sp³-hybridized carbons (Fsp3) is 0.538. The Morgan fingerprint density at radius 3 is 3.06 bits per heavy atom. The maximum Gasteiger partial charge on any atom is 0.243 e. The quantitative estimate of drug-likeness (QED) is 0.852. The molecule has 0 bridgehead atoms. The zero-order valence-corrected chi connectivity index (χ0v) is 11.2. The molecule has 1 atom stereocenters. The summed E-state index contributed by atoms with van der Waals surface area (Å²) in [5.74, 6) is 0.663. The van der Waals surface area contributed by atoms with Crippen LogP contribution in [0.25, 0.3) is 5.65 Å². The summed E-state index contributed by atoms with van der Waals surface area (Å²) in [7, 11) is 1.71. The molecule has 18 heavy (non-hydrogen) atoms. The zero-order chi connectivity index (χ0) is 13.0. The topological polar surface area (TPSA) is 51.5 Å². The van der Waals surface area contributed by atoms with Crippen molar-refractivity contribution in [2.24, 2.45) is 0 Å². The van der Waals surface area contributed by atoms with Crippen molar-refractivity contribution in [2.75, 3.05) is 19.0 Å².